The molecule has 2 aromatic rings. The molecule has 1 aromatic heterocycles. The zero-order valence-corrected chi connectivity index (χ0v) is 18.5. The van der Waals surface area contributed by atoms with Gasteiger partial charge in [-0.1, -0.05) is 11.6 Å². The van der Waals surface area contributed by atoms with Crippen LogP contribution < -0.4 is 15.0 Å². The number of halogens is 4. The number of hydrogen-bond donors (Lipinski definition) is 1. The maximum Gasteiger partial charge on any atom is 0.573 e. The van der Waals surface area contributed by atoms with Crippen molar-refractivity contribution in [2.24, 2.45) is 11.8 Å². The molecule has 2 heterocycles. The van der Waals surface area contributed by atoms with Crippen LogP contribution in [0.1, 0.15) is 42.5 Å². The quantitative estimate of drug-likeness (QED) is 0.531. The minimum Gasteiger partial charge on any atom is -0.406 e. The van der Waals surface area contributed by atoms with Crippen molar-refractivity contribution in [1.82, 2.24) is 4.98 Å². The van der Waals surface area contributed by atoms with Crippen molar-refractivity contribution in [2.45, 2.75) is 38.5 Å². The molecule has 1 aliphatic carbocycles. The Morgan fingerprint density at radius 2 is 1.97 bits per heavy atom. The third-order valence-electron chi connectivity index (χ3n) is 5.77. The zero-order valence-electron chi connectivity index (χ0n) is 17.7. The summed E-state index contributed by atoms with van der Waals surface area (Å²) in [6.45, 7) is 1.25. The first kappa shape index (κ1) is 23.4. The maximum atomic E-state index is 12.9. The second-order valence-electron chi connectivity index (χ2n) is 8.44. The van der Waals surface area contributed by atoms with Crippen molar-refractivity contribution >= 4 is 34.8 Å². The van der Waals surface area contributed by atoms with Crippen LogP contribution in [-0.2, 0) is 4.79 Å². The first-order chi connectivity index (χ1) is 15.7. The summed E-state index contributed by atoms with van der Waals surface area (Å²) < 4.78 is 41.2. The van der Waals surface area contributed by atoms with Crippen LogP contribution >= 0.6 is 11.6 Å². The molecule has 0 bridgehead atoms. The van der Waals surface area contributed by atoms with E-state index in [4.69, 9.17) is 11.6 Å². The monoisotopic (exact) mass is 481 g/mol. The molecule has 0 radical (unpaired) electrons. The van der Waals surface area contributed by atoms with Gasteiger partial charge in [-0.3, -0.25) is 9.59 Å². The summed E-state index contributed by atoms with van der Waals surface area (Å²) in [5, 5.41) is 2.91. The lowest BCUT2D eigenvalue weighted by atomic mass is 9.91. The average molecular weight is 482 g/mol. The first-order valence-corrected chi connectivity index (χ1v) is 11.2. The van der Waals surface area contributed by atoms with Crippen LogP contribution in [0.2, 0.25) is 5.02 Å². The highest BCUT2D eigenvalue weighted by Crippen LogP contribution is 2.35. The number of nitrogens with zero attached hydrogens (tertiary/aromatic N) is 2. The molecule has 2 aliphatic rings. The summed E-state index contributed by atoms with van der Waals surface area (Å²) in [6, 6.07) is 7.11. The van der Waals surface area contributed by atoms with Gasteiger partial charge in [-0.05, 0) is 55.9 Å². The van der Waals surface area contributed by atoms with Gasteiger partial charge in [0.1, 0.15) is 11.6 Å². The predicted molar refractivity (Wildman–Crippen MR) is 118 cm³/mol. The summed E-state index contributed by atoms with van der Waals surface area (Å²) in [4.78, 5) is 30.9. The molecule has 1 N–H and O–H groups in total. The van der Waals surface area contributed by atoms with Gasteiger partial charge in [0.2, 0.25) is 5.91 Å². The third kappa shape index (κ3) is 6.37. The second kappa shape index (κ2) is 9.59. The molecule has 1 aromatic carbocycles. The van der Waals surface area contributed by atoms with Crippen LogP contribution in [0.15, 0.2) is 36.5 Å². The largest absolute Gasteiger partial charge is 0.573 e. The fourth-order valence-corrected chi connectivity index (χ4v) is 4.31. The van der Waals surface area contributed by atoms with Gasteiger partial charge in [0.25, 0.3) is 0 Å². The van der Waals surface area contributed by atoms with Crippen LogP contribution in [0.3, 0.4) is 0 Å². The number of piperidine rings is 1. The molecule has 0 spiro atoms. The van der Waals surface area contributed by atoms with Crippen molar-refractivity contribution in [3.8, 4) is 5.75 Å². The van der Waals surface area contributed by atoms with Crippen molar-refractivity contribution in [3.05, 3.63) is 47.1 Å². The highest BCUT2D eigenvalue weighted by atomic mass is 35.5. The van der Waals surface area contributed by atoms with E-state index >= 15 is 0 Å². The molecular formula is C23H23ClF3N3O3. The number of Topliss-reactive ketones (excluding diaryl/α,β-unsaturated/α-hetero) is 1. The van der Waals surface area contributed by atoms with Gasteiger partial charge in [0.15, 0.2) is 5.78 Å². The molecule has 176 valence electrons. The highest BCUT2D eigenvalue weighted by molar-refractivity contribution is 6.33. The van der Waals surface area contributed by atoms with Gasteiger partial charge in [-0.15, -0.1) is 13.2 Å². The van der Waals surface area contributed by atoms with E-state index in [1.165, 1.54) is 18.3 Å². The normalized spacial score (nSPS) is 18.7. The molecule has 10 heteroatoms. The number of pyridine rings is 1. The lowest BCUT2D eigenvalue weighted by Gasteiger charge is -2.34. The molecule has 4 rings (SSSR count). The fourth-order valence-electron chi connectivity index (χ4n) is 4.02. The number of amides is 1. The Kier molecular flexibility index (Phi) is 6.78. The second-order valence-corrected chi connectivity index (χ2v) is 8.84. The van der Waals surface area contributed by atoms with Crippen molar-refractivity contribution < 1.29 is 27.5 Å². The highest BCUT2D eigenvalue weighted by Gasteiger charge is 2.32. The molecular weight excluding hydrogens is 459 g/mol. The summed E-state index contributed by atoms with van der Waals surface area (Å²) in [6.07, 6.45) is 0.473. The number of rotatable bonds is 7. The molecule has 1 saturated heterocycles. The lowest BCUT2D eigenvalue weighted by Crippen LogP contribution is -2.36. The maximum absolute atomic E-state index is 12.9. The van der Waals surface area contributed by atoms with Crippen LogP contribution in [0.4, 0.5) is 24.7 Å². The van der Waals surface area contributed by atoms with E-state index in [1.54, 1.807) is 12.1 Å². The van der Waals surface area contributed by atoms with E-state index < -0.39 is 6.36 Å². The molecule has 1 aliphatic heterocycles. The van der Waals surface area contributed by atoms with Crippen LogP contribution in [0.25, 0.3) is 0 Å². The van der Waals surface area contributed by atoms with Gasteiger partial charge in [0.05, 0.1) is 10.7 Å². The van der Waals surface area contributed by atoms with E-state index in [-0.39, 0.29) is 34.3 Å². The Hall–Kier alpha value is -2.81. The van der Waals surface area contributed by atoms with E-state index in [1.807, 2.05) is 4.90 Å². The van der Waals surface area contributed by atoms with Crippen molar-refractivity contribution in [2.75, 3.05) is 23.3 Å². The molecule has 33 heavy (non-hydrogen) atoms. The minimum absolute atomic E-state index is 0.0419. The summed E-state index contributed by atoms with van der Waals surface area (Å²) >= 11 is 6.23. The summed E-state index contributed by atoms with van der Waals surface area (Å²) in [5.74, 6) is -0.0191. The number of aromatic nitrogens is 1. The van der Waals surface area contributed by atoms with Gasteiger partial charge >= 0.3 is 6.36 Å². The molecule has 1 atom stereocenters. The number of alkyl halides is 3. The summed E-state index contributed by atoms with van der Waals surface area (Å²) in [7, 11) is 0. The molecule has 1 amide bonds. The Labute approximate surface area is 194 Å². The van der Waals surface area contributed by atoms with Crippen molar-refractivity contribution in [1.29, 1.82) is 0 Å². The average Bonchev–Trinajstić information content (AvgIpc) is 3.58. The molecule has 0 unspecified atom stereocenters. The number of ether oxygens (including phenoxy) is 1. The third-order valence-corrected chi connectivity index (χ3v) is 6.07. The fraction of sp³-hybridized carbons (Fsp3) is 0.435. The van der Waals surface area contributed by atoms with Crippen molar-refractivity contribution in [3.63, 3.8) is 0 Å². The Balaban J connectivity index is 1.38. The Morgan fingerprint density at radius 3 is 2.67 bits per heavy atom. The summed E-state index contributed by atoms with van der Waals surface area (Å²) in [5.41, 5.74) is 1.09. The van der Waals surface area contributed by atoms with Gasteiger partial charge < -0.3 is 15.0 Å². The number of benzene rings is 1. The van der Waals surface area contributed by atoms with E-state index in [0.29, 0.717) is 36.6 Å². The molecule has 6 nitrogen and oxygen atoms in total. The van der Waals surface area contributed by atoms with Crippen LogP contribution in [-0.4, -0.2) is 36.1 Å². The molecule has 2 fully saturated rings. The topological polar surface area (TPSA) is 71.5 Å². The smallest absolute Gasteiger partial charge is 0.406 e. The number of hydrogen-bond acceptors (Lipinski definition) is 5. The van der Waals surface area contributed by atoms with E-state index in [0.717, 1.165) is 31.7 Å². The van der Waals surface area contributed by atoms with Crippen LogP contribution in [0.5, 0.6) is 5.75 Å². The predicted octanol–water partition coefficient (Wildman–Crippen LogP) is 5.47. The van der Waals surface area contributed by atoms with E-state index in [2.05, 4.69) is 15.0 Å². The number of anilines is 2. The number of carbonyl (C=O) groups excluding carboxylic acids is 2. The Bertz CT molecular complexity index is 1040. The SMILES string of the molecule is O=C(C[C@@H]1CCCN(c2ccc(OC(F)(F)F)cc2Cl)C1)c1ccnc(NC(=O)C2CC2)c1. The number of nitrogens with one attached hydrogen (secondary N) is 1. The van der Waals surface area contributed by atoms with Gasteiger partial charge in [0, 0.05) is 43.3 Å². The number of carbonyl (C=O) groups is 2. The number of ketones is 1. The standard InChI is InChI=1S/C23H23ClF3N3O3/c24-18-12-17(33-23(25,26)27)5-6-19(18)30-9-1-2-14(13-30)10-20(31)16-7-8-28-21(11-16)29-22(32)15-3-4-15/h5-8,11-12,14-15H,1-4,9-10,13H2,(H,28,29,32)/t14-/m0/s1. The van der Waals surface area contributed by atoms with Crippen LogP contribution in [0, 0.1) is 11.8 Å². The molecule has 1 saturated carbocycles. The first-order valence-electron chi connectivity index (χ1n) is 10.8. The zero-order chi connectivity index (χ0) is 23.6. The Morgan fingerprint density at radius 1 is 1.18 bits per heavy atom. The van der Waals surface area contributed by atoms with E-state index in [9.17, 15) is 22.8 Å². The van der Waals surface area contributed by atoms with Gasteiger partial charge in [-0.2, -0.15) is 0 Å². The van der Waals surface area contributed by atoms with Gasteiger partial charge in [-0.25, -0.2) is 4.98 Å². The minimum atomic E-state index is -4.78. The lowest BCUT2D eigenvalue weighted by molar-refractivity contribution is -0.274.